The van der Waals surface area contributed by atoms with E-state index in [-0.39, 0.29) is 0 Å². The van der Waals surface area contributed by atoms with Crippen LogP contribution in [0.4, 0.5) is 0 Å². The Balaban J connectivity index is 2.54. The zero-order valence-corrected chi connectivity index (χ0v) is 13.1. The molecule has 0 saturated carbocycles. The zero-order valence-electron chi connectivity index (χ0n) is 9.91. The Labute approximate surface area is 115 Å². The van der Waals surface area contributed by atoms with Crippen molar-refractivity contribution in [3.8, 4) is 0 Å². The SMILES string of the molecule is CCCC(CBr)(CCC)CSc1ncns1. The summed E-state index contributed by atoms with van der Waals surface area (Å²) in [7, 11) is 0. The first-order chi connectivity index (χ1) is 7.76. The van der Waals surface area contributed by atoms with E-state index in [1.165, 1.54) is 37.2 Å². The van der Waals surface area contributed by atoms with Gasteiger partial charge in [0.2, 0.25) is 0 Å². The van der Waals surface area contributed by atoms with Crippen LogP contribution in [0.25, 0.3) is 0 Å². The van der Waals surface area contributed by atoms with Crippen LogP contribution < -0.4 is 0 Å². The van der Waals surface area contributed by atoms with Gasteiger partial charge in [-0.2, -0.15) is 4.37 Å². The fraction of sp³-hybridized carbons (Fsp3) is 0.818. The first kappa shape index (κ1) is 14.5. The third-order valence-corrected chi connectivity index (χ3v) is 6.02. The molecule has 16 heavy (non-hydrogen) atoms. The molecule has 0 aromatic carbocycles. The number of aromatic nitrogens is 2. The van der Waals surface area contributed by atoms with Crippen LogP contribution in [0.3, 0.4) is 0 Å². The fourth-order valence-electron chi connectivity index (χ4n) is 1.94. The largest absolute Gasteiger partial charge is 0.216 e. The molecule has 0 bridgehead atoms. The molecule has 5 heteroatoms. The Morgan fingerprint density at radius 2 is 2.06 bits per heavy atom. The molecule has 0 amide bonds. The average molecular weight is 323 g/mol. The van der Waals surface area contributed by atoms with Gasteiger partial charge in [0.05, 0.1) is 0 Å². The van der Waals surface area contributed by atoms with Gasteiger partial charge >= 0.3 is 0 Å². The van der Waals surface area contributed by atoms with Crippen LogP contribution in [0.1, 0.15) is 39.5 Å². The van der Waals surface area contributed by atoms with E-state index in [2.05, 4.69) is 39.1 Å². The number of rotatable bonds is 8. The number of alkyl halides is 1. The maximum atomic E-state index is 4.23. The lowest BCUT2D eigenvalue weighted by atomic mass is 9.83. The number of hydrogen-bond acceptors (Lipinski definition) is 4. The molecule has 0 atom stereocenters. The van der Waals surface area contributed by atoms with Crippen molar-refractivity contribution >= 4 is 39.2 Å². The highest BCUT2D eigenvalue weighted by atomic mass is 79.9. The summed E-state index contributed by atoms with van der Waals surface area (Å²) in [5, 5.41) is 1.09. The third kappa shape index (κ3) is 4.34. The van der Waals surface area contributed by atoms with Crippen molar-refractivity contribution in [3.05, 3.63) is 6.33 Å². The zero-order chi connectivity index (χ0) is 11.9. The van der Waals surface area contributed by atoms with Crippen molar-refractivity contribution in [2.24, 2.45) is 5.41 Å². The first-order valence-corrected chi connectivity index (χ1v) is 8.60. The van der Waals surface area contributed by atoms with Crippen LogP contribution in [0.2, 0.25) is 0 Å². The molecule has 2 nitrogen and oxygen atoms in total. The molecule has 1 heterocycles. The highest BCUT2D eigenvalue weighted by Gasteiger charge is 2.27. The lowest BCUT2D eigenvalue weighted by molar-refractivity contribution is 0.320. The number of hydrogen-bond donors (Lipinski definition) is 0. The van der Waals surface area contributed by atoms with Gasteiger partial charge in [-0.25, -0.2) is 4.98 Å². The van der Waals surface area contributed by atoms with Gasteiger partial charge in [0.15, 0.2) is 4.34 Å². The minimum atomic E-state index is 0.430. The summed E-state index contributed by atoms with van der Waals surface area (Å²) >= 11 is 7.04. The van der Waals surface area contributed by atoms with E-state index in [4.69, 9.17) is 0 Å². The van der Waals surface area contributed by atoms with E-state index in [9.17, 15) is 0 Å². The number of halogens is 1. The third-order valence-electron chi connectivity index (χ3n) is 2.69. The van der Waals surface area contributed by atoms with Crippen molar-refractivity contribution in [3.63, 3.8) is 0 Å². The molecule has 1 aromatic rings. The van der Waals surface area contributed by atoms with Crippen LogP contribution in [0.5, 0.6) is 0 Å². The predicted molar refractivity (Wildman–Crippen MR) is 76.7 cm³/mol. The Morgan fingerprint density at radius 1 is 1.38 bits per heavy atom. The lowest BCUT2D eigenvalue weighted by Crippen LogP contribution is -2.25. The summed E-state index contributed by atoms with van der Waals surface area (Å²) < 4.78 is 5.13. The molecule has 1 rings (SSSR count). The second-order valence-corrected chi connectivity index (χ2v) is 6.69. The van der Waals surface area contributed by atoms with Crippen LogP contribution in [-0.4, -0.2) is 20.4 Å². The van der Waals surface area contributed by atoms with Crippen LogP contribution in [0, 0.1) is 5.41 Å². The van der Waals surface area contributed by atoms with Crippen molar-refractivity contribution < 1.29 is 0 Å². The van der Waals surface area contributed by atoms with Gasteiger partial charge in [0.1, 0.15) is 6.33 Å². The van der Waals surface area contributed by atoms with Gasteiger partial charge < -0.3 is 0 Å². The Morgan fingerprint density at radius 3 is 2.50 bits per heavy atom. The van der Waals surface area contributed by atoms with E-state index in [1.807, 2.05) is 11.8 Å². The van der Waals surface area contributed by atoms with E-state index in [0.29, 0.717) is 5.41 Å². The molecule has 0 saturated heterocycles. The van der Waals surface area contributed by atoms with Gasteiger partial charge in [0.25, 0.3) is 0 Å². The predicted octanol–water partition coefficient (Wildman–Crippen LogP) is 4.61. The Hall–Kier alpha value is 0.390. The second kappa shape index (κ2) is 7.67. The molecule has 1 aromatic heterocycles. The Kier molecular flexibility index (Phi) is 6.92. The van der Waals surface area contributed by atoms with Gasteiger partial charge in [-0.1, -0.05) is 54.4 Å². The summed E-state index contributed by atoms with van der Waals surface area (Å²) in [5.74, 6) is 1.15. The molecule has 0 unspecified atom stereocenters. The minimum absolute atomic E-state index is 0.430. The van der Waals surface area contributed by atoms with Crippen molar-refractivity contribution in [1.82, 2.24) is 9.36 Å². The molecule has 92 valence electrons. The highest BCUT2D eigenvalue weighted by molar-refractivity contribution is 9.09. The topological polar surface area (TPSA) is 25.8 Å². The molecule has 0 radical (unpaired) electrons. The molecule has 0 aliphatic rings. The smallest absolute Gasteiger partial charge is 0.169 e. The van der Waals surface area contributed by atoms with E-state index < -0.39 is 0 Å². The standard InChI is InChI=1S/C11H19BrN2S2/c1-3-5-11(7-12,6-4-2)8-15-10-13-9-14-16-10/h9H,3-8H2,1-2H3. The van der Waals surface area contributed by atoms with Gasteiger partial charge in [0, 0.05) is 11.1 Å². The molecule has 0 aliphatic carbocycles. The summed E-state index contributed by atoms with van der Waals surface area (Å²) in [6.07, 6.45) is 6.73. The van der Waals surface area contributed by atoms with E-state index in [0.717, 1.165) is 15.4 Å². The maximum absolute atomic E-state index is 4.23. The van der Waals surface area contributed by atoms with Crippen LogP contribution >= 0.6 is 39.2 Å². The Bertz CT molecular complexity index is 272. The van der Waals surface area contributed by atoms with E-state index in [1.54, 1.807) is 6.33 Å². The quantitative estimate of drug-likeness (QED) is 0.516. The van der Waals surface area contributed by atoms with Gasteiger partial charge in [-0.3, -0.25) is 0 Å². The molecular weight excluding hydrogens is 304 g/mol. The second-order valence-electron chi connectivity index (χ2n) is 4.13. The normalized spacial score (nSPS) is 11.9. The molecule has 0 N–H and O–H groups in total. The monoisotopic (exact) mass is 322 g/mol. The van der Waals surface area contributed by atoms with Crippen LogP contribution in [0.15, 0.2) is 10.7 Å². The maximum Gasteiger partial charge on any atom is 0.169 e. The average Bonchev–Trinajstić information content (AvgIpc) is 2.79. The number of nitrogens with zero attached hydrogens (tertiary/aromatic N) is 2. The van der Waals surface area contributed by atoms with E-state index >= 15 is 0 Å². The highest BCUT2D eigenvalue weighted by Crippen LogP contribution is 2.37. The molecule has 0 spiro atoms. The molecular formula is C11H19BrN2S2. The van der Waals surface area contributed by atoms with Crippen molar-refractivity contribution in [2.75, 3.05) is 11.1 Å². The van der Waals surface area contributed by atoms with Crippen molar-refractivity contribution in [1.29, 1.82) is 0 Å². The molecule has 0 aliphatic heterocycles. The van der Waals surface area contributed by atoms with Crippen LogP contribution in [-0.2, 0) is 0 Å². The summed E-state index contributed by atoms with van der Waals surface area (Å²) in [4.78, 5) is 4.23. The number of thioether (sulfide) groups is 1. The minimum Gasteiger partial charge on any atom is -0.216 e. The fourth-order valence-corrected chi connectivity index (χ4v) is 4.70. The summed E-state index contributed by atoms with van der Waals surface area (Å²) in [6, 6.07) is 0. The summed E-state index contributed by atoms with van der Waals surface area (Å²) in [6.45, 7) is 4.53. The molecule has 0 fully saturated rings. The lowest BCUT2D eigenvalue weighted by Gasteiger charge is -2.30. The van der Waals surface area contributed by atoms with Gasteiger partial charge in [-0.15, -0.1) is 0 Å². The van der Waals surface area contributed by atoms with Gasteiger partial charge in [-0.05, 0) is 29.8 Å². The first-order valence-electron chi connectivity index (χ1n) is 5.72. The van der Waals surface area contributed by atoms with Crippen molar-refractivity contribution in [2.45, 2.75) is 43.9 Å². The summed E-state index contributed by atoms with van der Waals surface area (Å²) in [5.41, 5.74) is 0.430.